The number of aliphatic hydroxyl groups excluding tert-OH is 1. The quantitative estimate of drug-likeness (QED) is 0.304. The van der Waals surface area contributed by atoms with Gasteiger partial charge in [-0.05, 0) is 56.4 Å². The van der Waals surface area contributed by atoms with Crippen LogP contribution in [0.5, 0.6) is 0 Å². The lowest BCUT2D eigenvalue weighted by molar-refractivity contribution is 0.0797. The maximum atomic E-state index is 11.2. The van der Waals surface area contributed by atoms with E-state index in [1.54, 1.807) is 13.8 Å². The van der Waals surface area contributed by atoms with Crippen LogP contribution < -0.4 is 10.2 Å². The van der Waals surface area contributed by atoms with Gasteiger partial charge in [-0.15, -0.1) is 0 Å². The number of thiazole rings is 1. The van der Waals surface area contributed by atoms with Crippen LogP contribution >= 0.6 is 11.3 Å². The molecule has 1 atom stereocenters. The molecule has 1 aliphatic heterocycles. The van der Waals surface area contributed by atoms with Crippen LogP contribution in [0.2, 0.25) is 0 Å². The number of hydrogen-bond donors (Lipinski definition) is 3. The van der Waals surface area contributed by atoms with Crippen molar-refractivity contribution >= 4 is 27.9 Å². The number of aromatic nitrogens is 1. The van der Waals surface area contributed by atoms with Crippen molar-refractivity contribution in [2.45, 2.75) is 66.2 Å². The Morgan fingerprint density at radius 1 is 1.21 bits per heavy atom. The lowest BCUT2D eigenvalue weighted by Gasteiger charge is -2.34. The van der Waals surface area contributed by atoms with Gasteiger partial charge in [0, 0.05) is 24.9 Å². The SMILES string of the molecule is C/C=C\C(=C/C)c1ccccc1CN1C=C(C(C)(C)O)C(O)c2sc(NCC3=CCC=CC=C3)nc21.CC. The molecule has 1 aromatic carbocycles. The Balaban J connectivity index is 0.00000195. The largest absolute Gasteiger partial charge is 0.386 e. The molecule has 1 aliphatic carbocycles. The van der Waals surface area contributed by atoms with Gasteiger partial charge < -0.3 is 20.4 Å². The molecule has 3 N–H and O–H groups in total. The predicted octanol–water partition coefficient (Wildman–Crippen LogP) is 7.71. The van der Waals surface area contributed by atoms with Crippen LogP contribution in [-0.4, -0.2) is 27.3 Å². The molecule has 0 bridgehead atoms. The highest BCUT2D eigenvalue weighted by Gasteiger charge is 2.36. The summed E-state index contributed by atoms with van der Waals surface area (Å²) in [5, 5.41) is 26.2. The summed E-state index contributed by atoms with van der Waals surface area (Å²) >= 11 is 1.44. The second kappa shape index (κ2) is 13.6. The van der Waals surface area contributed by atoms with Crippen molar-refractivity contribution in [2.75, 3.05) is 16.8 Å². The van der Waals surface area contributed by atoms with E-state index >= 15 is 0 Å². The fraction of sp³-hybridized carbons (Fsp3) is 0.344. The molecule has 1 unspecified atom stereocenters. The molecule has 0 fully saturated rings. The average Bonchev–Trinajstić information content (AvgIpc) is 3.18. The number of rotatable bonds is 8. The minimum atomic E-state index is -1.17. The van der Waals surface area contributed by atoms with Crippen LogP contribution in [0.4, 0.5) is 10.9 Å². The van der Waals surface area contributed by atoms with E-state index in [1.807, 2.05) is 63.1 Å². The molecular formula is C32H41N3O2S. The number of aliphatic hydroxyl groups is 2. The van der Waals surface area contributed by atoms with E-state index in [0.717, 1.165) is 38.9 Å². The van der Waals surface area contributed by atoms with E-state index in [0.29, 0.717) is 18.7 Å². The zero-order chi connectivity index (χ0) is 27.7. The second-order valence-electron chi connectivity index (χ2n) is 9.44. The van der Waals surface area contributed by atoms with Crippen LogP contribution in [0.15, 0.2) is 90.2 Å². The maximum Gasteiger partial charge on any atom is 0.185 e. The fourth-order valence-electron chi connectivity index (χ4n) is 4.41. The molecule has 0 amide bonds. The van der Waals surface area contributed by atoms with Crippen molar-refractivity contribution in [1.29, 1.82) is 0 Å². The molecule has 202 valence electrons. The molecule has 0 saturated heterocycles. The van der Waals surface area contributed by atoms with Gasteiger partial charge in [0.2, 0.25) is 0 Å². The molecule has 2 heterocycles. The van der Waals surface area contributed by atoms with Crippen molar-refractivity contribution in [1.82, 2.24) is 4.98 Å². The predicted molar refractivity (Wildman–Crippen MR) is 163 cm³/mol. The van der Waals surface area contributed by atoms with Gasteiger partial charge in [0.05, 0.1) is 10.5 Å². The third-order valence-electron chi connectivity index (χ3n) is 6.29. The summed E-state index contributed by atoms with van der Waals surface area (Å²) in [5.41, 5.74) is 4.02. The second-order valence-corrected chi connectivity index (χ2v) is 10.5. The van der Waals surface area contributed by atoms with Crippen LogP contribution in [0.25, 0.3) is 5.57 Å². The topological polar surface area (TPSA) is 68.6 Å². The zero-order valence-corrected chi connectivity index (χ0v) is 24.2. The van der Waals surface area contributed by atoms with Gasteiger partial charge in [0.15, 0.2) is 10.9 Å². The van der Waals surface area contributed by atoms with E-state index in [2.05, 4.69) is 53.9 Å². The van der Waals surface area contributed by atoms with Gasteiger partial charge in [-0.2, -0.15) is 0 Å². The summed E-state index contributed by atoms with van der Waals surface area (Å²) in [4.78, 5) is 7.67. The third kappa shape index (κ3) is 7.01. The summed E-state index contributed by atoms with van der Waals surface area (Å²) < 4.78 is 0. The number of hydrogen-bond acceptors (Lipinski definition) is 6. The molecule has 5 nitrogen and oxygen atoms in total. The minimum Gasteiger partial charge on any atom is -0.386 e. The van der Waals surface area contributed by atoms with Crippen molar-refractivity contribution in [3.63, 3.8) is 0 Å². The Labute approximate surface area is 231 Å². The van der Waals surface area contributed by atoms with Gasteiger partial charge in [0.1, 0.15) is 6.10 Å². The Kier molecular flexibility index (Phi) is 10.5. The maximum absolute atomic E-state index is 11.2. The summed E-state index contributed by atoms with van der Waals surface area (Å²) in [7, 11) is 0. The minimum absolute atomic E-state index is 0.558. The Morgan fingerprint density at radius 2 is 1.97 bits per heavy atom. The highest BCUT2D eigenvalue weighted by Crippen LogP contribution is 2.45. The van der Waals surface area contributed by atoms with Gasteiger partial charge in [-0.1, -0.05) is 98.1 Å². The van der Waals surface area contributed by atoms with Crippen molar-refractivity contribution in [2.24, 2.45) is 0 Å². The van der Waals surface area contributed by atoms with Crippen molar-refractivity contribution in [3.05, 3.63) is 106 Å². The standard InChI is InChI=1S/C30H35N3O2S.C2H6/c1-5-13-22(6-2)24-17-12-11-16-23(24)19-33-20-25(30(3,4)35)26(34)27-28(33)32-29(36-27)31-18-21-14-9-7-8-10-15-21;1-2/h5-9,11-17,20,26,34-35H,10,18-19H2,1-4H3,(H,31,32);1-2H3/b13-5-,22-6+;. The molecule has 1 aromatic heterocycles. The first-order chi connectivity index (χ1) is 18.3. The van der Waals surface area contributed by atoms with Crippen LogP contribution in [0, 0.1) is 0 Å². The Morgan fingerprint density at radius 3 is 2.68 bits per heavy atom. The number of nitrogens with zero attached hydrogens (tertiary/aromatic N) is 2. The first-order valence-electron chi connectivity index (χ1n) is 13.3. The molecule has 2 aliphatic rings. The van der Waals surface area contributed by atoms with Crippen molar-refractivity contribution < 1.29 is 10.2 Å². The summed E-state index contributed by atoms with van der Waals surface area (Å²) in [6, 6.07) is 8.34. The molecule has 4 rings (SSSR count). The highest BCUT2D eigenvalue weighted by atomic mass is 32.1. The number of allylic oxidation sites excluding steroid dienone is 8. The molecule has 6 heteroatoms. The van der Waals surface area contributed by atoms with Gasteiger partial charge >= 0.3 is 0 Å². The van der Waals surface area contributed by atoms with Crippen LogP contribution in [-0.2, 0) is 6.54 Å². The molecule has 2 aromatic rings. The first kappa shape index (κ1) is 29.4. The van der Waals surface area contributed by atoms with E-state index in [-0.39, 0.29) is 0 Å². The van der Waals surface area contributed by atoms with Crippen LogP contribution in [0.1, 0.15) is 70.1 Å². The Bertz CT molecular complexity index is 1270. The summed E-state index contributed by atoms with van der Waals surface area (Å²) in [6.45, 7) is 12.7. The van der Waals surface area contributed by atoms with E-state index in [4.69, 9.17) is 4.98 Å². The number of nitrogens with one attached hydrogen (secondary N) is 1. The molecule has 38 heavy (non-hydrogen) atoms. The first-order valence-corrected chi connectivity index (χ1v) is 14.2. The van der Waals surface area contributed by atoms with Crippen molar-refractivity contribution in [3.8, 4) is 0 Å². The zero-order valence-electron chi connectivity index (χ0n) is 23.4. The van der Waals surface area contributed by atoms with Crippen LogP contribution in [0.3, 0.4) is 0 Å². The smallest absolute Gasteiger partial charge is 0.185 e. The lowest BCUT2D eigenvalue weighted by Crippen LogP contribution is -2.33. The number of fused-ring (bicyclic) bond motifs is 1. The Hall–Kier alpha value is -3.19. The average molecular weight is 532 g/mol. The number of benzene rings is 1. The van der Waals surface area contributed by atoms with E-state index in [9.17, 15) is 10.2 Å². The molecular weight excluding hydrogens is 490 g/mol. The summed E-state index contributed by atoms with van der Waals surface area (Å²) in [6.07, 6.45) is 18.6. The summed E-state index contributed by atoms with van der Waals surface area (Å²) in [5.74, 6) is 0.720. The van der Waals surface area contributed by atoms with Gasteiger partial charge in [-0.25, -0.2) is 4.98 Å². The monoisotopic (exact) mass is 531 g/mol. The third-order valence-corrected chi connectivity index (χ3v) is 7.35. The molecule has 0 saturated carbocycles. The number of anilines is 2. The molecule has 0 radical (unpaired) electrons. The fourth-order valence-corrected chi connectivity index (χ4v) is 5.39. The van der Waals surface area contributed by atoms with E-state index in [1.165, 1.54) is 16.9 Å². The van der Waals surface area contributed by atoms with E-state index < -0.39 is 11.7 Å². The van der Waals surface area contributed by atoms with Gasteiger partial charge in [0.25, 0.3) is 0 Å². The lowest BCUT2D eigenvalue weighted by atomic mass is 9.91. The highest BCUT2D eigenvalue weighted by molar-refractivity contribution is 7.16. The normalized spacial score (nSPS) is 17.4. The molecule has 0 spiro atoms. The van der Waals surface area contributed by atoms with Gasteiger partial charge in [-0.3, -0.25) is 0 Å².